The molecule has 0 aliphatic heterocycles. The fraction of sp³-hybridized carbons (Fsp3) is 0.400. The van der Waals surface area contributed by atoms with Gasteiger partial charge in [0, 0.05) is 13.7 Å². The SMILES string of the molecule is COCc1c(-c2c(F)cccc2Cl)noc1-c1cnn(CCC(C)(C)O)c1CF. The molecule has 9 heteroatoms. The third-order valence-electron chi connectivity index (χ3n) is 4.53. The largest absolute Gasteiger partial charge is 0.390 e. The summed E-state index contributed by atoms with van der Waals surface area (Å²) in [7, 11) is 1.48. The van der Waals surface area contributed by atoms with Crippen molar-refractivity contribution in [3.05, 3.63) is 46.5 Å². The number of hydrogen-bond donors (Lipinski definition) is 1. The number of ether oxygens (including phenoxy) is 1. The van der Waals surface area contributed by atoms with Gasteiger partial charge in [0.15, 0.2) is 5.76 Å². The first-order valence-electron chi connectivity index (χ1n) is 9.02. The average Bonchev–Trinajstić information content (AvgIpc) is 3.23. The van der Waals surface area contributed by atoms with Crippen molar-refractivity contribution in [2.24, 2.45) is 0 Å². The molecule has 0 fully saturated rings. The molecule has 0 unspecified atom stereocenters. The molecule has 156 valence electrons. The van der Waals surface area contributed by atoms with Gasteiger partial charge in [-0.1, -0.05) is 22.8 Å². The molecule has 3 rings (SSSR count). The lowest BCUT2D eigenvalue weighted by Gasteiger charge is -2.17. The van der Waals surface area contributed by atoms with Gasteiger partial charge in [-0.2, -0.15) is 5.10 Å². The van der Waals surface area contributed by atoms with Gasteiger partial charge < -0.3 is 14.4 Å². The second-order valence-electron chi connectivity index (χ2n) is 7.29. The minimum Gasteiger partial charge on any atom is -0.390 e. The zero-order chi connectivity index (χ0) is 21.2. The highest BCUT2D eigenvalue weighted by molar-refractivity contribution is 6.33. The summed E-state index contributed by atoms with van der Waals surface area (Å²) in [6.07, 6.45) is 1.85. The first-order valence-corrected chi connectivity index (χ1v) is 9.40. The van der Waals surface area contributed by atoms with Gasteiger partial charge in [-0.05, 0) is 32.4 Å². The molecule has 0 saturated heterocycles. The van der Waals surface area contributed by atoms with Crippen LogP contribution in [0.1, 0.15) is 31.5 Å². The highest BCUT2D eigenvalue weighted by Crippen LogP contribution is 2.38. The fourth-order valence-corrected chi connectivity index (χ4v) is 3.29. The molecule has 0 radical (unpaired) electrons. The van der Waals surface area contributed by atoms with E-state index in [1.54, 1.807) is 19.9 Å². The number of rotatable bonds is 8. The molecule has 0 amide bonds. The normalized spacial score (nSPS) is 12.0. The Morgan fingerprint density at radius 1 is 1.34 bits per heavy atom. The van der Waals surface area contributed by atoms with E-state index in [0.29, 0.717) is 24.1 Å². The zero-order valence-corrected chi connectivity index (χ0v) is 17.1. The Bertz CT molecular complexity index is 975. The Balaban J connectivity index is 2.08. The smallest absolute Gasteiger partial charge is 0.176 e. The maximum atomic E-state index is 14.4. The number of aliphatic hydroxyl groups is 1. The fourth-order valence-electron chi connectivity index (χ4n) is 3.03. The molecular weight excluding hydrogens is 404 g/mol. The van der Waals surface area contributed by atoms with E-state index in [0.717, 1.165) is 0 Å². The predicted octanol–water partition coefficient (Wildman–Crippen LogP) is 4.77. The first kappa shape index (κ1) is 21.4. The van der Waals surface area contributed by atoms with Crippen LogP contribution in [0.4, 0.5) is 8.78 Å². The molecule has 2 aromatic heterocycles. The second kappa shape index (κ2) is 8.61. The quantitative estimate of drug-likeness (QED) is 0.562. The summed E-state index contributed by atoms with van der Waals surface area (Å²) in [5.74, 6) is -0.315. The lowest BCUT2D eigenvalue weighted by molar-refractivity contribution is 0.0646. The molecule has 0 aliphatic carbocycles. The number of aryl methyl sites for hydroxylation is 1. The number of alkyl halides is 1. The van der Waals surface area contributed by atoms with Crippen molar-refractivity contribution in [2.75, 3.05) is 7.11 Å². The average molecular weight is 426 g/mol. The van der Waals surface area contributed by atoms with Crippen molar-refractivity contribution < 1.29 is 23.1 Å². The Hall–Kier alpha value is -2.29. The third kappa shape index (κ3) is 4.49. The van der Waals surface area contributed by atoms with Gasteiger partial charge in [-0.25, -0.2) is 8.78 Å². The number of benzene rings is 1. The summed E-state index contributed by atoms with van der Waals surface area (Å²) in [5, 5.41) is 18.3. The number of hydrogen-bond acceptors (Lipinski definition) is 5. The van der Waals surface area contributed by atoms with Crippen LogP contribution in [-0.2, 0) is 24.6 Å². The van der Waals surface area contributed by atoms with Gasteiger partial charge in [0.1, 0.15) is 18.2 Å². The van der Waals surface area contributed by atoms with Crippen molar-refractivity contribution in [3.8, 4) is 22.6 Å². The standard InChI is InChI=1S/C20H22ClF2N3O3/c1-20(2,27)7-8-26-16(9-22)12(10-24-26)19-13(11-28-3)18(25-29-19)17-14(21)5-4-6-15(17)23/h4-6,10,27H,7-9,11H2,1-3H3. The van der Waals surface area contributed by atoms with Crippen LogP contribution in [0.25, 0.3) is 22.6 Å². The van der Waals surface area contributed by atoms with Gasteiger partial charge >= 0.3 is 0 Å². The van der Waals surface area contributed by atoms with Gasteiger partial charge in [0.25, 0.3) is 0 Å². The monoisotopic (exact) mass is 425 g/mol. The van der Waals surface area contributed by atoms with Crippen LogP contribution in [0, 0.1) is 5.82 Å². The molecule has 0 saturated carbocycles. The zero-order valence-electron chi connectivity index (χ0n) is 16.4. The Labute approximate surface area is 172 Å². The molecule has 0 aliphatic rings. The molecule has 2 heterocycles. The number of methoxy groups -OCH3 is 1. The molecule has 0 atom stereocenters. The molecule has 0 bridgehead atoms. The number of halogens is 3. The summed E-state index contributed by atoms with van der Waals surface area (Å²) >= 11 is 6.18. The van der Waals surface area contributed by atoms with E-state index < -0.39 is 18.1 Å². The van der Waals surface area contributed by atoms with E-state index in [9.17, 15) is 13.9 Å². The second-order valence-corrected chi connectivity index (χ2v) is 7.70. The van der Waals surface area contributed by atoms with Gasteiger partial charge in [-0.3, -0.25) is 4.68 Å². The van der Waals surface area contributed by atoms with E-state index in [1.807, 2.05) is 0 Å². The molecule has 1 N–H and O–H groups in total. The van der Waals surface area contributed by atoms with E-state index in [4.69, 9.17) is 20.9 Å². The van der Waals surface area contributed by atoms with Crippen molar-refractivity contribution in [1.82, 2.24) is 14.9 Å². The summed E-state index contributed by atoms with van der Waals surface area (Å²) in [6, 6.07) is 4.31. The summed E-state index contributed by atoms with van der Waals surface area (Å²) in [4.78, 5) is 0. The van der Waals surface area contributed by atoms with E-state index >= 15 is 0 Å². The molecular formula is C20H22ClF2N3O3. The summed E-state index contributed by atoms with van der Waals surface area (Å²) in [6.45, 7) is 2.92. The van der Waals surface area contributed by atoms with Gasteiger partial charge in [0.2, 0.25) is 0 Å². The van der Waals surface area contributed by atoms with Crippen LogP contribution < -0.4 is 0 Å². The molecule has 0 spiro atoms. The van der Waals surface area contributed by atoms with Crippen LogP contribution in [0.3, 0.4) is 0 Å². The number of nitrogens with zero attached hydrogens (tertiary/aromatic N) is 3. The maximum absolute atomic E-state index is 14.4. The highest BCUT2D eigenvalue weighted by atomic mass is 35.5. The molecule has 3 aromatic rings. The minimum absolute atomic E-state index is 0.0550. The first-order chi connectivity index (χ1) is 13.8. The Morgan fingerprint density at radius 2 is 2.10 bits per heavy atom. The van der Waals surface area contributed by atoms with Crippen molar-refractivity contribution >= 4 is 11.6 Å². The molecule has 1 aromatic carbocycles. The topological polar surface area (TPSA) is 73.3 Å². The number of aromatic nitrogens is 3. The van der Waals surface area contributed by atoms with Gasteiger partial charge in [-0.15, -0.1) is 0 Å². The van der Waals surface area contributed by atoms with E-state index in [-0.39, 0.29) is 34.3 Å². The molecule has 29 heavy (non-hydrogen) atoms. The van der Waals surface area contributed by atoms with Crippen molar-refractivity contribution in [2.45, 2.75) is 45.7 Å². The maximum Gasteiger partial charge on any atom is 0.176 e. The van der Waals surface area contributed by atoms with Crippen molar-refractivity contribution in [1.29, 1.82) is 0 Å². The van der Waals surface area contributed by atoms with Crippen LogP contribution in [0.15, 0.2) is 28.9 Å². The lowest BCUT2D eigenvalue weighted by atomic mass is 10.0. The van der Waals surface area contributed by atoms with Crippen molar-refractivity contribution in [3.63, 3.8) is 0 Å². The summed E-state index contributed by atoms with van der Waals surface area (Å²) in [5.41, 5.74) is 0.472. The Morgan fingerprint density at radius 3 is 2.72 bits per heavy atom. The highest BCUT2D eigenvalue weighted by Gasteiger charge is 2.26. The lowest BCUT2D eigenvalue weighted by Crippen LogP contribution is -2.22. The van der Waals surface area contributed by atoms with Crippen LogP contribution in [0.2, 0.25) is 5.02 Å². The van der Waals surface area contributed by atoms with Crippen LogP contribution in [-0.4, -0.2) is 32.8 Å². The van der Waals surface area contributed by atoms with E-state index in [2.05, 4.69) is 10.3 Å². The Kier molecular flexibility index (Phi) is 6.36. The van der Waals surface area contributed by atoms with E-state index in [1.165, 1.54) is 30.1 Å². The van der Waals surface area contributed by atoms with Crippen LogP contribution in [0.5, 0.6) is 0 Å². The predicted molar refractivity (Wildman–Crippen MR) is 105 cm³/mol. The third-order valence-corrected chi connectivity index (χ3v) is 4.85. The summed E-state index contributed by atoms with van der Waals surface area (Å²) < 4.78 is 40.5. The molecule has 6 nitrogen and oxygen atoms in total. The van der Waals surface area contributed by atoms with Crippen LogP contribution >= 0.6 is 11.6 Å². The minimum atomic E-state index is -0.915. The van der Waals surface area contributed by atoms with Gasteiger partial charge in [0.05, 0.1) is 45.8 Å².